The lowest BCUT2D eigenvalue weighted by Gasteiger charge is -2.19. The number of aryl methyl sites for hydroxylation is 1. The molecule has 4 amide bonds. The smallest absolute Gasteiger partial charge is 0.312 e. The number of nitrogens with two attached hydrogens (primary N) is 1. The van der Waals surface area contributed by atoms with Crippen molar-refractivity contribution < 1.29 is 14.4 Å². The Hall–Kier alpha value is -3.06. The summed E-state index contributed by atoms with van der Waals surface area (Å²) < 4.78 is 0. The van der Waals surface area contributed by atoms with Gasteiger partial charge in [0.2, 0.25) is 5.91 Å². The van der Waals surface area contributed by atoms with Crippen molar-refractivity contribution >= 4 is 29.4 Å². The van der Waals surface area contributed by atoms with Crippen LogP contribution in [0, 0.1) is 6.92 Å². The molecule has 0 saturated carbocycles. The normalized spacial score (nSPS) is 11.4. The van der Waals surface area contributed by atoms with Gasteiger partial charge in [-0.1, -0.05) is 35.9 Å². The second kappa shape index (κ2) is 10.3. The molecule has 2 rings (SSSR count). The molecule has 7 nitrogen and oxygen atoms in total. The molecule has 0 fully saturated rings. The summed E-state index contributed by atoms with van der Waals surface area (Å²) >= 11 is 5.79. The highest BCUT2D eigenvalue weighted by molar-refractivity contribution is 6.30. The highest BCUT2D eigenvalue weighted by Crippen LogP contribution is 2.20. The maximum Gasteiger partial charge on any atom is 0.312 e. The lowest BCUT2D eigenvalue weighted by Crippen LogP contribution is -2.39. The fourth-order valence-electron chi connectivity index (χ4n) is 2.73. The summed E-state index contributed by atoms with van der Waals surface area (Å²) in [7, 11) is 0. The molecule has 0 aliphatic rings. The molecular weight excluding hydrogens is 380 g/mol. The van der Waals surface area contributed by atoms with Crippen molar-refractivity contribution in [2.45, 2.75) is 19.4 Å². The number of carbonyl (C=O) groups is 3. The number of benzene rings is 2. The van der Waals surface area contributed by atoms with E-state index in [4.69, 9.17) is 17.3 Å². The Labute approximate surface area is 168 Å². The number of primary amides is 1. The Bertz CT molecular complexity index is 840. The predicted molar refractivity (Wildman–Crippen MR) is 108 cm³/mol. The maximum atomic E-state index is 12.2. The van der Waals surface area contributed by atoms with E-state index in [0.29, 0.717) is 10.6 Å². The topological polar surface area (TPSA) is 113 Å². The van der Waals surface area contributed by atoms with E-state index in [-0.39, 0.29) is 31.3 Å². The van der Waals surface area contributed by atoms with Crippen molar-refractivity contribution in [1.29, 1.82) is 0 Å². The fraction of sp³-hybridized carbons (Fsp3) is 0.250. The summed E-state index contributed by atoms with van der Waals surface area (Å²) in [5, 5.41) is 8.59. The van der Waals surface area contributed by atoms with Gasteiger partial charge in [0, 0.05) is 23.7 Å². The summed E-state index contributed by atoms with van der Waals surface area (Å²) in [4.78, 5) is 35.5. The minimum Gasteiger partial charge on any atom is -0.354 e. The average Bonchev–Trinajstić information content (AvgIpc) is 2.65. The number of nitrogens with one attached hydrogen (secondary N) is 3. The molecule has 2 aromatic carbocycles. The van der Waals surface area contributed by atoms with Gasteiger partial charge in [0.1, 0.15) is 0 Å². The third kappa shape index (κ3) is 6.59. The zero-order valence-corrected chi connectivity index (χ0v) is 16.3. The number of carbonyl (C=O) groups excluding carboxylic acids is 3. The molecule has 0 aromatic heterocycles. The Kier molecular flexibility index (Phi) is 7.83. The first-order chi connectivity index (χ1) is 13.4. The van der Waals surface area contributed by atoms with E-state index in [1.165, 1.54) is 0 Å². The summed E-state index contributed by atoms with van der Waals surface area (Å²) in [5.41, 5.74) is 7.50. The quantitative estimate of drug-likeness (QED) is 0.508. The summed E-state index contributed by atoms with van der Waals surface area (Å²) in [6.07, 6.45) is 0.0406. The van der Waals surface area contributed by atoms with Crippen LogP contribution in [0.15, 0.2) is 48.5 Å². The number of halogens is 1. The van der Waals surface area contributed by atoms with Crippen molar-refractivity contribution in [3.05, 3.63) is 70.2 Å². The zero-order valence-electron chi connectivity index (χ0n) is 15.5. The Morgan fingerprint density at radius 2 is 1.64 bits per heavy atom. The number of hydrogen-bond donors (Lipinski definition) is 4. The van der Waals surface area contributed by atoms with Crippen LogP contribution < -0.4 is 21.7 Å². The number of amides is 4. The maximum absolute atomic E-state index is 12.2. The molecule has 0 aliphatic carbocycles. The van der Waals surface area contributed by atoms with Gasteiger partial charge < -0.3 is 21.7 Å². The highest BCUT2D eigenvalue weighted by Gasteiger charge is 2.18. The number of rotatable bonds is 8. The van der Waals surface area contributed by atoms with Gasteiger partial charge in [-0.3, -0.25) is 9.59 Å². The van der Waals surface area contributed by atoms with Gasteiger partial charge in [-0.25, -0.2) is 4.79 Å². The van der Waals surface area contributed by atoms with Crippen molar-refractivity contribution in [3.8, 4) is 0 Å². The van der Waals surface area contributed by atoms with E-state index >= 15 is 0 Å². The molecule has 8 heteroatoms. The van der Waals surface area contributed by atoms with E-state index in [9.17, 15) is 14.4 Å². The molecule has 148 valence electrons. The largest absolute Gasteiger partial charge is 0.354 e. The van der Waals surface area contributed by atoms with E-state index in [1.807, 2.05) is 31.2 Å². The second-order valence-electron chi connectivity index (χ2n) is 6.23. The fourth-order valence-corrected chi connectivity index (χ4v) is 2.85. The predicted octanol–water partition coefficient (Wildman–Crippen LogP) is 2.29. The van der Waals surface area contributed by atoms with Crippen LogP contribution in [0.5, 0.6) is 0 Å². The van der Waals surface area contributed by atoms with Crippen LogP contribution >= 0.6 is 11.6 Å². The Morgan fingerprint density at radius 1 is 1.00 bits per heavy atom. The molecule has 0 bridgehead atoms. The van der Waals surface area contributed by atoms with E-state index in [0.717, 1.165) is 11.1 Å². The molecular formula is C20H23ClN4O3. The first-order valence-corrected chi connectivity index (χ1v) is 9.16. The molecule has 1 atom stereocenters. The molecule has 0 radical (unpaired) electrons. The van der Waals surface area contributed by atoms with Crippen molar-refractivity contribution in [3.63, 3.8) is 0 Å². The monoisotopic (exact) mass is 402 g/mol. The lowest BCUT2D eigenvalue weighted by molar-refractivity contribution is -0.121. The minimum absolute atomic E-state index is 0.0406. The SMILES string of the molecule is Cc1ccccc1C(CC(=O)NCCNC(=O)c1ccc(Cl)cc1)NC(N)=O. The molecule has 0 saturated heterocycles. The highest BCUT2D eigenvalue weighted by atomic mass is 35.5. The van der Waals surface area contributed by atoms with Gasteiger partial charge in [0.25, 0.3) is 5.91 Å². The van der Waals surface area contributed by atoms with Gasteiger partial charge in [-0.15, -0.1) is 0 Å². The summed E-state index contributed by atoms with van der Waals surface area (Å²) in [6, 6.07) is 12.7. The van der Waals surface area contributed by atoms with E-state index in [2.05, 4.69) is 16.0 Å². The lowest BCUT2D eigenvalue weighted by atomic mass is 9.98. The standard InChI is InChI=1S/C20H23ClN4O3/c1-13-4-2-3-5-16(13)17(25-20(22)28)12-18(26)23-10-11-24-19(27)14-6-8-15(21)9-7-14/h2-9,17H,10-12H2,1H3,(H,23,26)(H,24,27)(H3,22,25,28). The first kappa shape index (κ1) is 21.2. The third-order valence-corrected chi connectivity index (χ3v) is 4.36. The van der Waals surface area contributed by atoms with Crippen molar-refractivity contribution in [2.75, 3.05) is 13.1 Å². The number of urea groups is 1. The van der Waals surface area contributed by atoms with Gasteiger partial charge in [0.15, 0.2) is 0 Å². The van der Waals surface area contributed by atoms with Gasteiger partial charge >= 0.3 is 6.03 Å². The third-order valence-electron chi connectivity index (χ3n) is 4.11. The Morgan fingerprint density at radius 3 is 2.29 bits per heavy atom. The van der Waals surface area contributed by atoms with Gasteiger partial charge in [-0.2, -0.15) is 0 Å². The minimum atomic E-state index is -0.698. The van der Waals surface area contributed by atoms with Gasteiger partial charge in [0.05, 0.1) is 12.5 Å². The van der Waals surface area contributed by atoms with Crippen LogP contribution in [-0.4, -0.2) is 30.9 Å². The number of hydrogen-bond acceptors (Lipinski definition) is 3. The molecule has 0 spiro atoms. The molecule has 0 aliphatic heterocycles. The average molecular weight is 403 g/mol. The van der Waals surface area contributed by atoms with Crippen molar-refractivity contribution in [1.82, 2.24) is 16.0 Å². The van der Waals surface area contributed by atoms with Crippen LogP contribution in [0.1, 0.15) is 33.9 Å². The van der Waals surface area contributed by atoms with Crippen LogP contribution in [0.4, 0.5) is 4.79 Å². The molecule has 1 unspecified atom stereocenters. The Balaban J connectivity index is 1.82. The van der Waals surface area contributed by atoms with Crippen LogP contribution in [-0.2, 0) is 4.79 Å². The molecule has 2 aromatic rings. The molecule has 0 heterocycles. The van der Waals surface area contributed by atoms with Crippen molar-refractivity contribution in [2.24, 2.45) is 5.73 Å². The summed E-state index contributed by atoms with van der Waals surface area (Å²) in [5.74, 6) is -0.512. The van der Waals surface area contributed by atoms with E-state index in [1.54, 1.807) is 24.3 Å². The van der Waals surface area contributed by atoms with Crippen LogP contribution in [0.25, 0.3) is 0 Å². The van der Waals surface area contributed by atoms with Crippen LogP contribution in [0.2, 0.25) is 5.02 Å². The summed E-state index contributed by atoms with van der Waals surface area (Å²) in [6.45, 7) is 2.43. The van der Waals surface area contributed by atoms with E-state index < -0.39 is 12.1 Å². The van der Waals surface area contributed by atoms with Gasteiger partial charge in [-0.05, 0) is 42.3 Å². The first-order valence-electron chi connectivity index (χ1n) is 8.79. The molecule has 28 heavy (non-hydrogen) atoms. The molecule has 5 N–H and O–H groups in total. The van der Waals surface area contributed by atoms with Crippen LogP contribution in [0.3, 0.4) is 0 Å². The second-order valence-corrected chi connectivity index (χ2v) is 6.67. The zero-order chi connectivity index (χ0) is 20.5.